The fraction of sp³-hybridized carbons (Fsp3) is 0.235. The van der Waals surface area contributed by atoms with Crippen LogP contribution in [-0.4, -0.2) is 38.8 Å². The molecule has 0 unspecified atom stereocenters. The summed E-state index contributed by atoms with van der Waals surface area (Å²) in [5, 5.41) is 9.54. The van der Waals surface area contributed by atoms with Gasteiger partial charge in [-0.05, 0) is 42.5 Å². The number of rotatable bonds is 10. The summed E-state index contributed by atoms with van der Waals surface area (Å²) in [6, 6.07) is 25.2. The van der Waals surface area contributed by atoms with Crippen molar-refractivity contribution in [3.05, 3.63) is 108 Å². The summed E-state index contributed by atoms with van der Waals surface area (Å²) in [7, 11) is 0. The van der Waals surface area contributed by atoms with Gasteiger partial charge in [-0.25, -0.2) is 9.97 Å². The summed E-state index contributed by atoms with van der Waals surface area (Å²) in [5.41, 5.74) is 6.06. The number of carbonyl (C=O) groups is 2. The lowest BCUT2D eigenvalue weighted by atomic mass is 10.0. The summed E-state index contributed by atoms with van der Waals surface area (Å²) < 4.78 is 2.00. The molecule has 8 heteroatoms. The first-order valence-electron chi connectivity index (χ1n) is 14.4. The lowest BCUT2D eigenvalue weighted by Crippen LogP contribution is -2.25. The van der Waals surface area contributed by atoms with Crippen molar-refractivity contribution in [1.29, 1.82) is 0 Å². The molecule has 1 aliphatic rings. The molecule has 1 saturated carbocycles. The third-order valence-electron chi connectivity index (χ3n) is 7.27. The number of hydrogen-bond acceptors (Lipinski definition) is 5. The Kier molecular flexibility index (Phi) is 7.68. The minimum Gasteiger partial charge on any atom is -0.367 e. The molecule has 0 bridgehead atoms. The van der Waals surface area contributed by atoms with Crippen molar-refractivity contribution in [2.24, 2.45) is 5.92 Å². The number of nitrogens with one attached hydrogen (secondary N) is 3. The smallest absolute Gasteiger partial charge is 0.252 e. The molecule has 0 atom stereocenters. The van der Waals surface area contributed by atoms with Gasteiger partial charge in [0.15, 0.2) is 11.5 Å². The number of benzene rings is 3. The normalized spacial score (nSPS) is 12.8. The number of carbonyl (C=O) groups excluding carboxylic acids is 2. The van der Waals surface area contributed by atoms with Gasteiger partial charge >= 0.3 is 0 Å². The van der Waals surface area contributed by atoms with E-state index in [0.717, 1.165) is 41.8 Å². The van der Waals surface area contributed by atoms with Crippen LogP contribution in [0, 0.1) is 5.92 Å². The summed E-state index contributed by atoms with van der Waals surface area (Å²) in [5.74, 6) is 0.831. The molecule has 0 saturated heterocycles. The van der Waals surface area contributed by atoms with Crippen LogP contribution in [-0.2, 0) is 6.54 Å². The van der Waals surface area contributed by atoms with Crippen molar-refractivity contribution in [2.75, 3.05) is 11.9 Å². The van der Waals surface area contributed by atoms with E-state index >= 15 is 0 Å². The van der Waals surface area contributed by atoms with Crippen molar-refractivity contribution >= 4 is 23.3 Å². The zero-order valence-electron chi connectivity index (χ0n) is 23.8. The first-order valence-corrected chi connectivity index (χ1v) is 14.4. The maximum absolute atomic E-state index is 13.4. The van der Waals surface area contributed by atoms with Gasteiger partial charge in [0.1, 0.15) is 0 Å². The lowest BCUT2D eigenvalue weighted by molar-refractivity contribution is 0.0943. The maximum atomic E-state index is 13.4. The quantitative estimate of drug-likeness (QED) is 0.197. The summed E-state index contributed by atoms with van der Waals surface area (Å²) in [6.07, 6.45) is 5.84. The van der Waals surface area contributed by atoms with Gasteiger partial charge in [0, 0.05) is 47.6 Å². The Morgan fingerprint density at radius 2 is 1.67 bits per heavy atom. The second-order valence-corrected chi connectivity index (χ2v) is 11.1. The fourth-order valence-corrected chi connectivity index (χ4v) is 4.82. The zero-order valence-corrected chi connectivity index (χ0v) is 23.8. The third kappa shape index (κ3) is 6.02. The van der Waals surface area contributed by atoms with Gasteiger partial charge < -0.3 is 16.0 Å². The molecule has 0 spiro atoms. The van der Waals surface area contributed by atoms with Crippen LogP contribution in [0.5, 0.6) is 0 Å². The first kappa shape index (κ1) is 27.2. The monoisotopic (exact) mass is 558 g/mol. The Hall–Kier alpha value is -4.98. The van der Waals surface area contributed by atoms with Gasteiger partial charge in [0.25, 0.3) is 11.8 Å². The molecular weight excluding hydrogens is 524 g/mol. The number of anilines is 1. The van der Waals surface area contributed by atoms with E-state index in [1.54, 1.807) is 0 Å². The number of hydrogen-bond donors (Lipinski definition) is 3. The highest BCUT2D eigenvalue weighted by molar-refractivity contribution is 6.00. The maximum Gasteiger partial charge on any atom is 0.252 e. The fourth-order valence-electron chi connectivity index (χ4n) is 4.82. The van der Waals surface area contributed by atoms with E-state index in [2.05, 4.69) is 29.8 Å². The predicted molar refractivity (Wildman–Crippen MR) is 165 cm³/mol. The lowest BCUT2D eigenvalue weighted by Gasteiger charge is -2.15. The van der Waals surface area contributed by atoms with E-state index in [1.165, 1.54) is 0 Å². The van der Waals surface area contributed by atoms with Crippen LogP contribution in [0.1, 0.15) is 53.0 Å². The minimum absolute atomic E-state index is 0.0454. The average molecular weight is 559 g/mol. The summed E-state index contributed by atoms with van der Waals surface area (Å²) in [6.45, 7) is 5.43. The molecule has 212 valence electrons. The SMILES string of the molecule is CC(C)CNc1nc(-c2ccccc2C(=O)NCc2ccccc2)cn2c(-c3ccc(C(=O)NC4CC4)cc3)cnc12. The predicted octanol–water partition coefficient (Wildman–Crippen LogP) is 5.95. The van der Waals surface area contributed by atoms with Gasteiger partial charge in [-0.3, -0.25) is 14.0 Å². The zero-order chi connectivity index (χ0) is 29.1. The second kappa shape index (κ2) is 11.9. The molecule has 3 N–H and O–H groups in total. The highest BCUT2D eigenvalue weighted by atomic mass is 16.2. The van der Waals surface area contributed by atoms with Gasteiger partial charge in [0.05, 0.1) is 17.6 Å². The van der Waals surface area contributed by atoms with Crippen LogP contribution < -0.4 is 16.0 Å². The molecule has 0 aliphatic heterocycles. The molecule has 8 nitrogen and oxygen atoms in total. The first-order chi connectivity index (χ1) is 20.5. The Balaban J connectivity index is 1.36. The van der Waals surface area contributed by atoms with E-state index in [1.807, 2.05) is 95.7 Å². The minimum atomic E-state index is -0.168. The van der Waals surface area contributed by atoms with E-state index in [4.69, 9.17) is 9.97 Å². The Morgan fingerprint density at radius 1 is 0.929 bits per heavy atom. The standard InChI is InChI=1S/C34H34N6O2/c1-22(2)18-35-31-32-36-20-30(24-12-14-25(15-13-24)33(41)38-26-16-17-26)40(32)21-29(39-31)27-10-6-7-11-28(27)34(42)37-19-23-8-4-3-5-9-23/h3-15,20-22,26H,16-19H2,1-2H3,(H,35,39)(H,37,42)(H,38,41). The van der Waals surface area contributed by atoms with Crippen molar-refractivity contribution in [1.82, 2.24) is 25.0 Å². The molecule has 42 heavy (non-hydrogen) atoms. The molecule has 2 aromatic heterocycles. The van der Waals surface area contributed by atoms with Crippen molar-refractivity contribution in [3.63, 3.8) is 0 Å². The van der Waals surface area contributed by atoms with E-state index in [9.17, 15) is 9.59 Å². The van der Waals surface area contributed by atoms with Crippen molar-refractivity contribution in [3.8, 4) is 22.5 Å². The number of fused-ring (bicyclic) bond motifs is 1. The van der Waals surface area contributed by atoms with Gasteiger partial charge in [-0.15, -0.1) is 0 Å². The molecule has 5 aromatic rings. The molecule has 2 amide bonds. The highest BCUT2D eigenvalue weighted by Crippen LogP contribution is 2.30. The van der Waals surface area contributed by atoms with Crippen molar-refractivity contribution in [2.45, 2.75) is 39.3 Å². The molecule has 2 heterocycles. The molecular formula is C34H34N6O2. The summed E-state index contributed by atoms with van der Waals surface area (Å²) in [4.78, 5) is 35.5. The number of nitrogens with zero attached hydrogens (tertiary/aromatic N) is 3. The van der Waals surface area contributed by atoms with E-state index in [-0.39, 0.29) is 11.8 Å². The molecule has 1 fully saturated rings. The van der Waals surface area contributed by atoms with Crippen LogP contribution >= 0.6 is 0 Å². The highest BCUT2D eigenvalue weighted by Gasteiger charge is 2.24. The molecule has 6 rings (SSSR count). The van der Waals surface area contributed by atoms with Crippen LogP contribution in [0.25, 0.3) is 28.2 Å². The van der Waals surface area contributed by atoms with Crippen LogP contribution in [0.2, 0.25) is 0 Å². The Morgan fingerprint density at radius 3 is 2.40 bits per heavy atom. The Bertz CT molecular complexity index is 1720. The molecule has 0 radical (unpaired) electrons. The third-order valence-corrected chi connectivity index (χ3v) is 7.27. The van der Waals surface area contributed by atoms with Gasteiger partial charge in [0.2, 0.25) is 0 Å². The molecule has 1 aliphatic carbocycles. The number of aromatic nitrogens is 3. The van der Waals surface area contributed by atoms with E-state index in [0.29, 0.717) is 46.8 Å². The van der Waals surface area contributed by atoms with Gasteiger partial charge in [-0.1, -0.05) is 74.5 Å². The Labute approximate surface area is 245 Å². The largest absolute Gasteiger partial charge is 0.367 e. The molecule has 3 aromatic carbocycles. The van der Waals surface area contributed by atoms with Gasteiger partial charge in [-0.2, -0.15) is 0 Å². The number of amides is 2. The topological polar surface area (TPSA) is 100 Å². The van der Waals surface area contributed by atoms with Crippen molar-refractivity contribution < 1.29 is 9.59 Å². The van der Waals surface area contributed by atoms with Crippen LogP contribution in [0.4, 0.5) is 5.82 Å². The van der Waals surface area contributed by atoms with E-state index < -0.39 is 0 Å². The summed E-state index contributed by atoms with van der Waals surface area (Å²) >= 11 is 0. The second-order valence-electron chi connectivity index (χ2n) is 11.1. The van der Waals surface area contributed by atoms with Crippen LogP contribution in [0.15, 0.2) is 91.3 Å². The average Bonchev–Trinajstić information content (AvgIpc) is 3.73. The van der Waals surface area contributed by atoms with Crippen LogP contribution in [0.3, 0.4) is 0 Å². The number of imidazole rings is 1.